The molecule has 3 unspecified atom stereocenters. The van der Waals surface area contributed by atoms with Crippen molar-refractivity contribution in [1.29, 1.82) is 0 Å². The molecule has 24 heavy (non-hydrogen) atoms. The summed E-state index contributed by atoms with van der Waals surface area (Å²) in [4.78, 5) is 16.6. The molecule has 5 nitrogen and oxygen atoms in total. The predicted molar refractivity (Wildman–Crippen MR) is 92.9 cm³/mol. The van der Waals surface area contributed by atoms with Gasteiger partial charge in [-0.05, 0) is 30.9 Å². The molecule has 1 N–H and O–H groups in total. The van der Waals surface area contributed by atoms with Crippen LogP contribution in [0.2, 0.25) is 0 Å². The highest BCUT2D eigenvalue weighted by molar-refractivity contribution is 5.76. The van der Waals surface area contributed by atoms with Crippen molar-refractivity contribution in [1.82, 2.24) is 9.80 Å². The molecule has 1 aromatic heterocycles. The van der Waals surface area contributed by atoms with E-state index in [2.05, 4.69) is 17.9 Å². The van der Waals surface area contributed by atoms with Gasteiger partial charge in [0.1, 0.15) is 11.5 Å². The Kier molecular flexibility index (Phi) is 5.61. The van der Waals surface area contributed by atoms with Gasteiger partial charge in [0.15, 0.2) is 0 Å². The molecule has 1 saturated carbocycles. The zero-order chi connectivity index (χ0) is 17.1. The van der Waals surface area contributed by atoms with E-state index in [1.807, 2.05) is 17.9 Å². The largest absolute Gasteiger partial charge is 0.466 e. The number of hydrogen-bond donors (Lipinski definition) is 1. The monoisotopic (exact) mass is 334 g/mol. The van der Waals surface area contributed by atoms with Crippen LogP contribution < -0.4 is 0 Å². The minimum atomic E-state index is -0.255. The van der Waals surface area contributed by atoms with E-state index in [1.54, 1.807) is 0 Å². The van der Waals surface area contributed by atoms with Gasteiger partial charge in [0.05, 0.1) is 6.10 Å². The quantitative estimate of drug-likeness (QED) is 0.831. The van der Waals surface area contributed by atoms with Crippen LogP contribution in [0.4, 0.5) is 0 Å². The Morgan fingerprint density at radius 3 is 2.67 bits per heavy atom. The Balaban J connectivity index is 1.39. The summed E-state index contributed by atoms with van der Waals surface area (Å²) in [6.45, 7) is 8.19. The molecule has 1 aromatic rings. The number of aliphatic hydroxyl groups excluding tert-OH is 1. The number of amides is 1. The maximum atomic E-state index is 12.4. The fraction of sp³-hybridized carbons (Fsp3) is 0.737. The van der Waals surface area contributed by atoms with Gasteiger partial charge in [-0.2, -0.15) is 0 Å². The Hall–Kier alpha value is -1.33. The van der Waals surface area contributed by atoms with Crippen LogP contribution in [0.25, 0.3) is 0 Å². The zero-order valence-electron chi connectivity index (χ0n) is 14.9. The van der Waals surface area contributed by atoms with Crippen molar-refractivity contribution in [2.45, 2.75) is 51.6 Å². The third-order valence-corrected chi connectivity index (χ3v) is 5.41. The van der Waals surface area contributed by atoms with Gasteiger partial charge in [0, 0.05) is 51.5 Å². The average Bonchev–Trinajstić information content (AvgIpc) is 3.13. The van der Waals surface area contributed by atoms with E-state index < -0.39 is 0 Å². The zero-order valence-corrected chi connectivity index (χ0v) is 14.9. The van der Waals surface area contributed by atoms with Crippen LogP contribution in [0.5, 0.6) is 0 Å². The van der Waals surface area contributed by atoms with E-state index in [0.29, 0.717) is 25.3 Å². The van der Waals surface area contributed by atoms with Gasteiger partial charge in [-0.3, -0.25) is 9.69 Å². The van der Waals surface area contributed by atoms with E-state index in [-0.39, 0.29) is 12.0 Å². The molecule has 0 aromatic carbocycles. The number of carbonyl (C=O) groups excluding carboxylic acids is 1. The van der Waals surface area contributed by atoms with Crippen LogP contribution in [-0.4, -0.2) is 59.6 Å². The standard InChI is InChI=1S/C19H30N2O3/c1-3-15(22)13-20-8-10-21(11-9-20)19(23)7-5-16-4-6-18(24-16)17-12-14(17)2/h4,6,14-15,17,22H,3,5,7-13H2,1-2H3. The summed E-state index contributed by atoms with van der Waals surface area (Å²) in [6, 6.07) is 4.10. The van der Waals surface area contributed by atoms with Gasteiger partial charge in [0.2, 0.25) is 5.91 Å². The summed E-state index contributed by atoms with van der Waals surface area (Å²) < 4.78 is 5.88. The molecule has 1 aliphatic carbocycles. The molecule has 1 amide bonds. The minimum absolute atomic E-state index is 0.212. The van der Waals surface area contributed by atoms with Crippen molar-refractivity contribution < 1.29 is 14.3 Å². The molecular weight excluding hydrogens is 304 g/mol. The van der Waals surface area contributed by atoms with Crippen LogP contribution in [-0.2, 0) is 11.2 Å². The molecule has 2 heterocycles. The Morgan fingerprint density at radius 1 is 1.33 bits per heavy atom. The fourth-order valence-corrected chi connectivity index (χ4v) is 3.44. The first-order valence-electron chi connectivity index (χ1n) is 9.33. The molecule has 134 valence electrons. The van der Waals surface area contributed by atoms with Crippen LogP contribution in [0, 0.1) is 5.92 Å². The summed E-state index contributed by atoms with van der Waals surface area (Å²) >= 11 is 0. The summed E-state index contributed by atoms with van der Waals surface area (Å²) in [6.07, 6.45) is 2.96. The lowest BCUT2D eigenvalue weighted by molar-refractivity contribution is -0.133. The molecule has 2 fully saturated rings. The second kappa shape index (κ2) is 7.70. The van der Waals surface area contributed by atoms with E-state index in [1.165, 1.54) is 6.42 Å². The highest BCUT2D eigenvalue weighted by Gasteiger charge is 2.36. The van der Waals surface area contributed by atoms with Gasteiger partial charge < -0.3 is 14.4 Å². The number of β-amino-alcohol motifs (C(OH)–C–C–N with tert-alkyl or cyclic N) is 1. The molecule has 0 radical (unpaired) electrons. The Labute approximate surface area is 144 Å². The number of piperazine rings is 1. The minimum Gasteiger partial charge on any atom is -0.466 e. The van der Waals surface area contributed by atoms with E-state index in [9.17, 15) is 9.90 Å². The second-order valence-electron chi connectivity index (χ2n) is 7.37. The summed E-state index contributed by atoms with van der Waals surface area (Å²) in [5.41, 5.74) is 0. The first-order chi connectivity index (χ1) is 11.6. The molecular formula is C19H30N2O3. The fourth-order valence-electron chi connectivity index (χ4n) is 3.44. The Bertz CT molecular complexity index is 549. The lowest BCUT2D eigenvalue weighted by Gasteiger charge is -2.35. The van der Waals surface area contributed by atoms with Gasteiger partial charge in [0.25, 0.3) is 0 Å². The smallest absolute Gasteiger partial charge is 0.223 e. The lowest BCUT2D eigenvalue weighted by atomic mass is 10.2. The van der Waals surface area contributed by atoms with Crippen LogP contribution in [0.3, 0.4) is 0 Å². The normalized spacial score (nSPS) is 25.7. The number of aliphatic hydroxyl groups is 1. The average molecular weight is 334 g/mol. The van der Waals surface area contributed by atoms with E-state index in [0.717, 1.165) is 50.0 Å². The maximum absolute atomic E-state index is 12.4. The third-order valence-electron chi connectivity index (χ3n) is 5.41. The summed E-state index contributed by atoms with van der Waals surface area (Å²) in [7, 11) is 0. The number of rotatable bonds is 7. The van der Waals surface area contributed by atoms with Crippen LogP contribution in [0.1, 0.15) is 50.5 Å². The third kappa shape index (κ3) is 4.39. The molecule has 0 spiro atoms. The highest BCUT2D eigenvalue weighted by atomic mass is 16.3. The van der Waals surface area contributed by atoms with Gasteiger partial charge in [-0.15, -0.1) is 0 Å². The van der Waals surface area contributed by atoms with Crippen molar-refractivity contribution >= 4 is 5.91 Å². The first-order valence-corrected chi connectivity index (χ1v) is 9.33. The first kappa shape index (κ1) is 17.5. The summed E-state index contributed by atoms with van der Waals surface area (Å²) in [5, 5.41) is 9.72. The van der Waals surface area contributed by atoms with Gasteiger partial charge >= 0.3 is 0 Å². The predicted octanol–water partition coefficient (Wildman–Crippen LogP) is 2.25. The van der Waals surface area contributed by atoms with Crippen molar-refractivity contribution in [3.63, 3.8) is 0 Å². The van der Waals surface area contributed by atoms with E-state index in [4.69, 9.17) is 4.42 Å². The number of carbonyl (C=O) groups is 1. The molecule has 1 aliphatic heterocycles. The molecule has 1 saturated heterocycles. The van der Waals surface area contributed by atoms with Gasteiger partial charge in [-0.1, -0.05) is 13.8 Å². The Morgan fingerprint density at radius 2 is 2.04 bits per heavy atom. The molecule has 3 rings (SSSR count). The van der Waals surface area contributed by atoms with Crippen LogP contribution in [0.15, 0.2) is 16.5 Å². The highest BCUT2D eigenvalue weighted by Crippen LogP contribution is 2.47. The van der Waals surface area contributed by atoms with Crippen molar-refractivity contribution in [2.24, 2.45) is 5.92 Å². The molecule has 3 atom stereocenters. The number of nitrogens with zero attached hydrogens (tertiary/aromatic N) is 2. The van der Waals surface area contributed by atoms with Crippen molar-refractivity contribution in [3.05, 3.63) is 23.7 Å². The molecule has 2 aliphatic rings. The maximum Gasteiger partial charge on any atom is 0.223 e. The lowest BCUT2D eigenvalue weighted by Crippen LogP contribution is -2.50. The SMILES string of the molecule is CCC(O)CN1CCN(C(=O)CCc2ccc(C3CC3C)o2)CC1. The topological polar surface area (TPSA) is 56.9 Å². The number of aryl methyl sites for hydroxylation is 1. The van der Waals surface area contributed by atoms with Gasteiger partial charge in [-0.25, -0.2) is 0 Å². The van der Waals surface area contributed by atoms with E-state index >= 15 is 0 Å². The molecule has 0 bridgehead atoms. The molecule has 5 heteroatoms. The van der Waals surface area contributed by atoms with Crippen molar-refractivity contribution in [3.8, 4) is 0 Å². The number of hydrogen-bond acceptors (Lipinski definition) is 4. The second-order valence-corrected chi connectivity index (χ2v) is 7.37. The van der Waals surface area contributed by atoms with Crippen LogP contribution >= 0.6 is 0 Å². The number of furan rings is 1. The summed E-state index contributed by atoms with van der Waals surface area (Å²) in [5.74, 6) is 3.58. The van der Waals surface area contributed by atoms with Crippen molar-refractivity contribution in [2.75, 3.05) is 32.7 Å².